The molecule has 1 amide bonds. The van der Waals surface area contributed by atoms with E-state index in [1.54, 1.807) is 18.2 Å². The summed E-state index contributed by atoms with van der Waals surface area (Å²) in [6.07, 6.45) is 2.17. The van der Waals surface area contributed by atoms with E-state index >= 15 is 0 Å². The third kappa shape index (κ3) is 4.37. The average Bonchev–Trinajstić information content (AvgIpc) is 2.56. The van der Waals surface area contributed by atoms with Gasteiger partial charge in [-0.15, -0.1) is 0 Å². The quantitative estimate of drug-likeness (QED) is 0.765. The van der Waals surface area contributed by atoms with Crippen LogP contribution in [0.3, 0.4) is 0 Å². The standard InChI is InChI=1S/C16H21N3O5S/c1-18(2)10-6-9-15(20)24-17-16(21)13-11-12-7-4-5-8-14(12)25(22,23)19(13)3/h4-5,7-8,11H,6,9-10H2,1-3H3,(H,17,21). The van der Waals surface area contributed by atoms with Crippen LogP contribution in [-0.4, -0.2) is 57.2 Å². The summed E-state index contributed by atoms with van der Waals surface area (Å²) < 4.78 is 25.8. The first kappa shape index (κ1) is 18.9. The number of carbonyl (C=O) groups excluding carboxylic acids is 2. The third-order valence-corrected chi connectivity index (χ3v) is 5.51. The van der Waals surface area contributed by atoms with Gasteiger partial charge in [0.2, 0.25) is 0 Å². The predicted molar refractivity (Wildman–Crippen MR) is 91.4 cm³/mol. The molecule has 0 aromatic heterocycles. The van der Waals surface area contributed by atoms with Crippen LogP contribution in [0.1, 0.15) is 18.4 Å². The van der Waals surface area contributed by atoms with Crippen molar-refractivity contribution < 1.29 is 22.8 Å². The Morgan fingerprint density at radius 1 is 1.24 bits per heavy atom. The fourth-order valence-electron chi connectivity index (χ4n) is 2.30. The fourth-order valence-corrected chi connectivity index (χ4v) is 3.67. The number of nitrogens with zero attached hydrogens (tertiary/aromatic N) is 2. The molecule has 0 bridgehead atoms. The minimum Gasteiger partial charge on any atom is -0.340 e. The largest absolute Gasteiger partial charge is 0.340 e. The number of hydrogen-bond acceptors (Lipinski definition) is 6. The van der Waals surface area contributed by atoms with Crippen molar-refractivity contribution in [2.24, 2.45) is 0 Å². The van der Waals surface area contributed by atoms with Crippen molar-refractivity contribution in [2.45, 2.75) is 17.7 Å². The number of sulfonamides is 1. The van der Waals surface area contributed by atoms with Crippen molar-refractivity contribution in [3.8, 4) is 0 Å². The Hall–Kier alpha value is -2.39. The smallest absolute Gasteiger partial charge is 0.332 e. The topological polar surface area (TPSA) is 96.0 Å². The van der Waals surface area contributed by atoms with E-state index in [2.05, 4.69) is 0 Å². The lowest BCUT2D eigenvalue weighted by Gasteiger charge is -2.26. The van der Waals surface area contributed by atoms with Crippen LogP contribution in [0.4, 0.5) is 0 Å². The van der Waals surface area contributed by atoms with Crippen LogP contribution in [0.5, 0.6) is 0 Å². The molecule has 8 nitrogen and oxygen atoms in total. The van der Waals surface area contributed by atoms with Gasteiger partial charge in [-0.3, -0.25) is 9.10 Å². The molecule has 0 saturated heterocycles. The number of fused-ring (bicyclic) bond motifs is 1. The molecule has 0 aliphatic carbocycles. The molecule has 1 aromatic carbocycles. The Morgan fingerprint density at radius 3 is 2.60 bits per heavy atom. The first-order chi connectivity index (χ1) is 11.7. The highest BCUT2D eigenvalue weighted by atomic mass is 32.2. The predicted octanol–water partition coefficient (Wildman–Crippen LogP) is 0.578. The van der Waals surface area contributed by atoms with Gasteiger partial charge in [-0.05, 0) is 44.8 Å². The van der Waals surface area contributed by atoms with Gasteiger partial charge < -0.3 is 9.74 Å². The van der Waals surface area contributed by atoms with Gasteiger partial charge in [-0.25, -0.2) is 13.2 Å². The van der Waals surface area contributed by atoms with Crippen molar-refractivity contribution in [3.05, 3.63) is 35.5 Å². The normalized spacial score (nSPS) is 15.4. The van der Waals surface area contributed by atoms with Crippen molar-refractivity contribution in [1.82, 2.24) is 14.7 Å². The van der Waals surface area contributed by atoms with Gasteiger partial charge in [-0.1, -0.05) is 18.2 Å². The molecule has 136 valence electrons. The number of amides is 1. The maximum Gasteiger partial charge on any atom is 0.332 e. The van der Waals surface area contributed by atoms with E-state index < -0.39 is 21.9 Å². The van der Waals surface area contributed by atoms with Gasteiger partial charge in [0.25, 0.3) is 10.0 Å². The van der Waals surface area contributed by atoms with Crippen LogP contribution < -0.4 is 5.48 Å². The maximum absolute atomic E-state index is 12.5. The molecule has 9 heteroatoms. The second-order valence-electron chi connectivity index (χ2n) is 5.85. The third-order valence-electron chi connectivity index (χ3n) is 3.67. The number of hydroxylamine groups is 1. The van der Waals surface area contributed by atoms with Gasteiger partial charge in [0, 0.05) is 13.5 Å². The molecular weight excluding hydrogens is 346 g/mol. The SMILES string of the molecule is CN(C)CCCC(=O)ONC(=O)C1=Cc2ccccc2S(=O)(=O)N1C. The van der Waals surface area contributed by atoms with Crippen LogP contribution in [0.15, 0.2) is 34.9 Å². The van der Waals surface area contributed by atoms with Crippen LogP contribution >= 0.6 is 0 Å². The van der Waals surface area contributed by atoms with E-state index in [-0.39, 0.29) is 17.0 Å². The van der Waals surface area contributed by atoms with Crippen molar-refractivity contribution in [3.63, 3.8) is 0 Å². The van der Waals surface area contributed by atoms with Crippen molar-refractivity contribution >= 4 is 28.0 Å². The molecule has 0 radical (unpaired) electrons. The second-order valence-corrected chi connectivity index (χ2v) is 7.79. The lowest BCUT2D eigenvalue weighted by atomic mass is 10.2. The molecule has 0 fully saturated rings. The monoisotopic (exact) mass is 367 g/mol. The summed E-state index contributed by atoms with van der Waals surface area (Å²) in [6.45, 7) is 0.714. The molecule has 1 N–H and O–H groups in total. The summed E-state index contributed by atoms with van der Waals surface area (Å²) in [7, 11) is 1.23. The molecule has 1 aromatic rings. The molecule has 0 saturated carbocycles. The lowest BCUT2D eigenvalue weighted by Crippen LogP contribution is -2.39. The van der Waals surface area contributed by atoms with Crippen molar-refractivity contribution in [1.29, 1.82) is 0 Å². The molecule has 0 atom stereocenters. The van der Waals surface area contributed by atoms with Gasteiger partial charge in [0.1, 0.15) is 5.70 Å². The molecule has 1 heterocycles. The summed E-state index contributed by atoms with van der Waals surface area (Å²) in [6, 6.07) is 6.35. The number of nitrogens with one attached hydrogen (secondary N) is 1. The van der Waals surface area contributed by atoms with E-state index in [0.29, 0.717) is 18.5 Å². The van der Waals surface area contributed by atoms with Crippen LogP contribution in [0, 0.1) is 0 Å². The molecule has 1 aliphatic heterocycles. The highest BCUT2D eigenvalue weighted by Gasteiger charge is 2.33. The zero-order chi connectivity index (χ0) is 18.6. The van der Waals surface area contributed by atoms with E-state index in [1.165, 1.54) is 19.2 Å². The van der Waals surface area contributed by atoms with Gasteiger partial charge in [0.15, 0.2) is 0 Å². The zero-order valence-electron chi connectivity index (χ0n) is 14.4. The molecule has 0 unspecified atom stereocenters. The molecule has 1 aliphatic rings. The number of likely N-dealkylation sites (N-methyl/N-ethyl adjacent to an activating group) is 1. The van der Waals surface area contributed by atoms with E-state index in [4.69, 9.17) is 4.84 Å². The number of hydrogen-bond donors (Lipinski definition) is 1. The lowest BCUT2D eigenvalue weighted by molar-refractivity contribution is -0.157. The van der Waals surface area contributed by atoms with Crippen molar-refractivity contribution in [2.75, 3.05) is 27.7 Å². The summed E-state index contributed by atoms with van der Waals surface area (Å²) in [5.41, 5.74) is 2.29. The first-order valence-electron chi connectivity index (χ1n) is 7.68. The Morgan fingerprint density at radius 2 is 1.92 bits per heavy atom. The van der Waals surface area contributed by atoms with E-state index in [0.717, 1.165) is 4.31 Å². The summed E-state index contributed by atoms with van der Waals surface area (Å²) in [5.74, 6) is -1.39. The molecule has 0 spiro atoms. The zero-order valence-corrected chi connectivity index (χ0v) is 15.2. The Bertz CT molecular complexity index is 802. The number of rotatable bonds is 5. The summed E-state index contributed by atoms with van der Waals surface area (Å²) in [4.78, 5) is 30.6. The summed E-state index contributed by atoms with van der Waals surface area (Å²) >= 11 is 0. The number of carbonyl (C=O) groups is 2. The average molecular weight is 367 g/mol. The highest BCUT2D eigenvalue weighted by molar-refractivity contribution is 7.89. The number of benzene rings is 1. The Labute approximate surface area is 147 Å². The first-order valence-corrected chi connectivity index (χ1v) is 9.12. The fraction of sp³-hybridized carbons (Fsp3) is 0.375. The molecular formula is C16H21N3O5S. The second kappa shape index (κ2) is 7.66. The minimum atomic E-state index is -3.82. The molecule has 25 heavy (non-hydrogen) atoms. The van der Waals surface area contributed by atoms with Gasteiger partial charge in [-0.2, -0.15) is 5.48 Å². The van der Waals surface area contributed by atoms with E-state index in [1.807, 2.05) is 24.5 Å². The van der Waals surface area contributed by atoms with Crippen LogP contribution in [-0.2, 0) is 24.4 Å². The van der Waals surface area contributed by atoms with Gasteiger partial charge in [0.05, 0.1) is 4.90 Å². The van der Waals surface area contributed by atoms with E-state index in [9.17, 15) is 18.0 Å². The van der Waals surface area contributed by atoms with Crippen LogP contribution in [0.2, 0.25) is 0 Å². The Kier molecular flexibility index (Phi) is 5.81. The van der Waals surface area contributed by atoms with Gasteiger partial charge >= 0.3 is 11.9 Å². The highest BCUT2D eigenvalue weighted by Crippen LogP contribution is 2.29. The minimum absolute atomic E-state index is 0.120. The molecule has 2 rings (SSSR count). The Balaban J connectivity index is 2.05. The van der Waals surface area contributed by atoms with Crippen LogP contribution in [0.25, 0.3) is 6.08 Å². The maximum atomic E-state index is 12.5. The summed E-state index contributed by atoms with van der Waals surface area (Å²) in [5, 5.41) is 0.